The fourth-order valence-electron chi connectivity index (χ4n) is 4.08. The summed E-state index contributed by atoms with van der Waals surface area (Å²) < 4.78 is 5.68. The van der Waals surface area contributed by atoms with E-state index in [-0.39, 0.29) is 18.6 Å². The number of imidazole rings is 1. The number of H-pyrrole nitrogens is 2. The summed E-state index contributed by atoms with van der Waals surface area (Å²) >= 11 is 0. The lowest BCUT2D eigenvalue weighted by molar-refractivity contribution is -0.137. The first-order chi connectivity index (χ1) is 15.2. The van der Waals surface area contributed by atoms with E-state index in [2.05, 4.69) is 20.2 Å². The van der Waals surface area contributed by atoms with Crippen LogP contribution in [0.15, 0.2) is 48.5 Å². The van der Waals surface area contributed by atoms with Crippen LogP contribution in [-0.2, 0) is 4.79 Å². The normalized spacial score (nSPS) is 16.5. The predicted octanol–water partition coefficient (Wildman–Crippen LogP) is 3.79. The van der Waals surface area contributed by atoms with Crippen LogP contribution in [0.4, 0.5) is 0 Å². The van der Waals surface area contributed by atoms with Gasteiger partial charge in [-0.2, -0.15) is 5.10 Å². The molecule has 1 fully saturated rings. The predicted molar refractivity (Wildman–Crippen MR) is 116 cm³/mol. The van der Waals surface area contributed by atoms with E-state index < -0.39 is 0 Å². The number of carbonyl (C=O) groups is 1. The molecule has 5 rings (SSSR count). The molecule has 1 saturated heterocycles. The summed E-state index contributed by atoms with van der Waals surface area (Å²) in [5.41, 5.74) is 2.76. The molecule has 8 nitrogen and oxygen atoms in total. The lowest BCUT2D eigenvalue weighted by atomic mass is 10.0. The van der Waals surface area contributed by atoms with E-state index in [0.29, 0.717) is 23.9 Å². The molecule has 0 aliphatic carbocycles. The highest BCUT2D eigenvalue weighted by Gasteiger charge is 2.30. The van der Waals surface area contributed by atoms with E-state index in [4.69, 9.17) is 9.72 Å². The van der Waals surface area contributed by atoms with Crippen LogP contribution in [0.1, 0.15) is 37.0 Å². The van der Waals surface area contributed by atoms with Crippen molar-refractivity contribution in [2.75, 3.05) is 13.2 Å². The Morgan fingerprint density at radius 1 is 1.16 bits per heavy atom. The van der Waals surface area contributed by atoms with E-state index in [1.54, 1.807) is 0 Å². The quantitative estimate of drug-likeness (QED) is 0.516. The number of rotatable bonds is 5. The maximum Gasteiger partial charge on any atom is 0.261 e. The minimum atomic E-state index is -0.127. The summed E-state index contributed by atoms with van der Waals surface area (Å²) in [6.45, 7) is 2.63. The molecular formula is C23H24N6O2. The number of benzene rings is 2. The Kier molecular flexibility index (Phi) is 5.11. The van der Waals surface area contributed by atoms with Crippen LogP contribution in [0.3, 0.4) is 0 Å². The second-order valence-electron chi connectivity index (χ2n) is 7.80. The number of nitrogens with one attached hydrogen (secondary N) is 2. The average Bonchev–Trinajstić information content (AvgIpc) is 3.43. The van der Waals surface area contributed by atoms with Gasteiger partial charge in [0.15, 0.2) is 12.4 Å². The third-order valence-electron chi connectivity index (χ3n) is 5.61. The molecule has 0 radical (unpaired) electrons. The molecule has 31 heavy (non-hydrogen) atoms. The first-order valence-electron chi connectivity index (χ1n) is 10.5. The molecule has 158 valence electrons. The number of hydrogen-bond donors (Lipinski definition) is 2. The topological polar surface area (TPSA) is 99.8 Å². The van der Waals surface area contributed by atoms with Crippen molar-refractivity contribution in [3.8, 4) is 17.1 Å². The fourth-order valence-corrected chi connectivity index (χ4v) is 4.08. The highest BCUT2D eigenvalue weighted by Crippen LogP contribution is 2.30. The smallest absolute Gasteiger partial charge is 0.261 e. The van der Waals surface area contributed by atoms with Crippen molar-refractivity contribution in [3.05, 3.63) is 60.2 Å². The SMILES string of the molecule is Cc1nc2cc(-c3n[nH]c(C4CCCCN4C(=O)COc4ccccc4)n3)ccc2[nH]1. The highest BCUT2D eigenvalue weighted by atomic mass is 16.5. The number of hydrogen-bond acceptors (Lipinski definition) is 5. The number of fused-ring (bicyclic) bond motifs is 1. The van der Waals surface area contributed by atoms with Gasteiger partial charge in [-0.15, -0.1) is 0 Å². The first kappa shape index (κ1) is 19.3. The van der Waals surface area contributed by atoms with Gasteiger partial charge in [0.2, 0.25) is 0 Å². The van der Waals surface area contributed by atoms with Crippen LogP contribution >= 0.6 is 0 Å². The molecule has 1 unspecified atom stereocenters. The van der Waals surface area contributed by atoms with Crippen LogP contribution in [0.25, 0.3) is 22.4 Å². The molecule has 2 aromatic heterocycles. The van der Waals surface area contributed by atoms with Gasteiger partial charge in [-0.1, -0.05) is 18.2 Å². The van der Waals surface area contributed by atoms with E-state index >= 15 is 0 Å². The van der Waals surface area contributed by atoms with Crippen molar-refractivity contribution in [1.29, 1.82) is 0 Å². The number of aromatic nitrogens is 5. The van der Waals surface area contributed by atoms with Gasteiger partial charge in [-0.25, -0.2) is 9.97 Å². The van der Waals surface area contributed by atoms with Gasteiger partial charge in [-0.05, 0) is 56.5 Å². The Bertz CT molecular complexity index is 1200. The second-order valence-corrected chi connectivity index (χ2v) is 7.80. The minimum absolute atomic E-state index is 0.0106. The molecule has 8 heteroatoms. The van der Waals surface area contributed by atoms with Crippen LogP contribution in [0, 0.1) is 6.92 Å². The van der Waals surface area contributed by atoms with Crippen LogP contribution < -0.4 is 4.74 Å². The number of nitrogens with zero attached hydrogens (tertiary/aromatic N) is 4. The summed E-state index contributed by atoms with van der Waals surface area (Å²) in [4.78, 5) is 27.2. The Labute approximate surface area is 179 Å². The van der Waals surface area contributed by atoms with Crippen LogP contribution in [0.5, 0.6) is 5.75 Å². The van der Waals surface area contributed by atoms with Crippen molar-refractivity contribution in [2.24, 2.45) is 0 Å². The number of amides is 1. The van der Waals surface area contributed by atoms with Crippen LogP contribution in [0.2, 0.25) is 0 Å². The lowest BCUT2D eigenvalue weighted by Gasteiger charge is -2.34. The lowest BCUT2D eigenvalue weighted by Crippen LogP contribution is -2.41. The number of ether oxygens (including phenoxy) is 1. The maximum absolute atomic E-state index is 12.9. The van der Waals surface area contributed by atoms with Gasteiger partial charge < -0.3 is 14.6 Å². The summed E-state index contributed by atoms with van der Waals surface area (Å²) in [5, 5.41) is 7.48. The van der Waals surface area contributed by atoms with Gasteiger partial charge in [-0.3, -0.25) is 9.89 Å². The molecule has 2 aromatic carbocycles. The summed E-state index contributed by atoms with van der Waals surface area (Å²) in [6.07, 6.45) is 2.87. The van der Waals surface area contributed by atoms with Gasteiger partial charge >= 0.3 is 0 Å². The maximum atomic E-state index is 12.9. The molecule has 0 spiro atoms. The van der Waals surface area contributed by atoms with Gasteiger partial charge in [0, 0.05) is 12.1 Å². The minimum Gasteiger partial charge on any atom is -0.484 e. The Balaban J connectivity index is 1.34. The molecule has 4 aromatic rings. The van der Waals surface area contributed by atoms with Crippen molar-refractivity contribution in [3.63, 3.8) is 0 Å². The molecular weight excluding hydrogens is 392 g/mol. The van der Waals surface area contributed by atoms with Crippen molar-refractivity contribution in [2.45, 2.75) is 32.2 Å². The zero-order valence-corrected chi connectivity index (χ0v) is 17.3. The Morgan fingerprint density at radius 2 is 2.03 bits per heavy atom. The van der Waals surface area contributed by atoms with Gasteiger partial charge in [0.1, 0.15) is 17.4 Å². The van der Waals surface area contributed by atoms with E-state index in [1.165, 1.54) is 0 Å². The highest BCUT2D eigenvalue weighted by molar-refractivity contribution is 5.80. The number of piperidine rings is 1. The zero-order valence-electron chi connectivity index (χ0n) is 17.3. The largest absolute Gasteiger partial charge is 0.484 e. The number of likely N-dealkylation sites (tertiary alicyclic amines) is 1. The standard InChI is InChI=1S/C23H24N6O2/c1-15-24-18-11-10-16(13-19(18)25-15)22-26-23(28-27-22)20-9-5-6-12-29(20)21(30)14-31-17-7-3-2-4-8-17/h2-4,7-8,10-11,13,20H,5-6,9,12,14H2,1H3,(H,24,25)(H,26,27,28). The van der Waals surface area contributed by atoms with E-state index in [9.17, 15) is 4.79 Å². The third-order valence-corrected chi connectivity index (χ3v) is 5.61. The molecule has 1 amide bonds. The molecule has 1 atom stereocenters. The summed E-state index contributed by atoms with van der Waals surface area (Å²) in [6, 6.07) is 15.2. The van der Waals surface area contributed by atoms with Crippen molar-refractivity contribution < 1.29 is 9.53 Å². The molecule has 0 bridgehead atoms. The van der Waals surface area contributed by atoms with E-state index in [1.807, 2.05) is 60.4 Å². The molecule has 2 N–H and O–H groups in total. The average molecular weight is 416 g/mol. The van der Waals surface area contributed by atoms with Gasteiger partial charge in [0.05, 0.1) is 17.1 Å². The van der Waals surface area contributed by atoms with Crippen molar-refractivity contribution >= 4 is 16.9 Å². The van der Waals surface area contributed by atoms with Crippen molar-refractivity contribution in [1.82, 2.24) is 30.0 Å². The van der Waals surface area contributed by atoms with E-state index in [0.717, 1.165) is 41.7 Å². The monoisotopic (exact) mass is 416 g/mol. The molecule has 3 heterocycles. The Morgan fingerprint density at radius 3 is 2.90 bits per heavy atom. The third kappa shape index (κ3) is 4.01. The summed E-state index contributed by atoms with van der Waals surface area (Å²) in [7, 11) is 0. The van der Waals surface area contributed by atoms with Crippen LogP contribution in [-0.4, -0.2) is 49.1 Å². The fraction of sp³-hybridized carbons (Fsp3) is 0.304. The second kappa shape index (κ2) is 8.22. The Hall–Kier alpha value is -3.68. The number of carbonyl (C=O) groups excluding carboxylic acids is 1. The molecule has 1 aliphatic heterocycles. The molecule has 0 saturated carbocycles. The molecule has 1 aliphatic rings. The summed E-state index contributed by atoms with van der Waals surface area (Å²) in [5.74, 6) is 2.84. The first-order valence-corrected chi connectivity index (χ1v) is 10.5. The number of aromatic amines is 2. The zero-order chi connectivity index (χ0) is 21.2. The van der Waals surface area contributed by atoms with Gasteiger partial charge in [0.25, 0.3) is 5.91 Å². The number of aryl methyl sites for hydroxylation is 1. The number of para-hydroxylation sites is 1.